The molecule has 2 aliphatic heterocycles. The number of rotatable bonds is 17. The van der Waals surface area contributed by atoms with E-state index in [1.54, 1.807) is 4.90 Å². The van der Waals surface area contributed by atoms with Crippen LogP contribution in [-0.4, -0.2) is 148 Å². The molecule has 0 saturated carbocycles. The summed E-state index contributed by atoms with van der Waals surface area (Å²) in [5, 5.41) is 16.4. The van der Waals surface area contributed by atoms with Crippen LogP contribution in [0, 0.1) is 12.3 Å². The maximum atomic E-state index is 14.0. The fourth-order valence-corrected chi connectivity index (χ4v) is 7.87. The predicted octanol–water partition coefficient (Wildman–Crippen LogP) is 2.91. The summed E-state index contributed by atoms with van der Waals surface area (Å²) >= 11 is 0. The molecule has 5 heterocycles. The van der Waals surface area contributed by atoms with E-state index >= 15 is 0 Å². The van der Waals surface area contributed by atoms with Crippen LogP contribution >= 0.6 is 0 Å². The van der Waals surface area contributed by atoms with E-state index in [9.17, 15) is 24.3 Å². The Hall–Kier alpha value is -5.95. The number of aliphatic hydroxyl groups is 1. The van der Waals surface area contributed by atoms with Crippen molar-refractivity contribution in [3.05, 3.63) is 78.4 Å². The van der Waals surface area contributed by atoms with E-state index in [1.807, 2.05) is 99.8 Å². The van der Waals surface area contributed by atoms with Crippen molar-refractivity contribution in [3.8, 4) is 11.3 Å². The second kappa shape index (κ2) is 20.0. The van der Waals surface area contributed by atoms with Crippen molar-refractivity contribution in [2.45, 2.75) is 65.3 Å². The number of anilines is 1. The van der Waals surface area contributed by atoms with Crippen molar-refractivity contribution >= 4 is 46.3 Å². The monoisotopic (exact) mass is 867 g/mol. The Morgan fingerprint density at radius 2 is 1.59 bits per heavy atom. The quantitative estimate of drug-likeness (QED) is 0.115. The number of imidazole rings is 1. The number of hydrogen-bond donors (Lipinski definition) is 3. The van der Waals surface area contributed by atoms with Crippen LogP contribution in [0.2, 0.25) is 0 Å². The first-order valence-electron chi connectivity index (χ1n) is 21.4. The van der Waals surface area contributed by atoms with Crippen LogP contribution in [-0.2, 0) is 33.4 Å². The number of carbonyl (C=O) groups is 4. The summed E-state index contributed by atoms with van der Waals surface area (Å²) in [5.41, 5.74) is 3.66. The third-order valence-corrected chi connectivity index (χ3v) is 11.4. The largest absolute Gasteiger partial charge is 0.443 e. The molecule has 0 spiro atoms. The maximum absolute atomic E-state index is 14.0. The molecule has 0 radical (unpaired) electrons. The number of nitrogens with zero attached hydrogens (tertiary/aromatic N) is 7. The molecule has 0 unspecified atom stereocenters. The first-order valence-corrected chi connectivity index (χ1v) is 21.4. The van der Waals surface area contributed by atoms with Crippen molar-refractivity contribution in [2.24, 2.45) is 5.41 Å². The van der Waals surface area contributed by atoms with Gasteiger partial charge < -0.3 is 49.1 Å². The number of carbonyl (C=O) groups excluding carboxylic acids is 4. The van der Waals surface area contributed by atoms with Gasteiger partial charge in [-0.1, -0.05) is 57.2 Å². The van der Waals surface area contributed by atoms with Gasteiger partial charge in [-0.2, -0.15) is 4.98 Å². The molecule has 4 atom stereocenters. The lowest BCUT2D eigenvalue weighted by Gasteiger charge is -2.35. The number of ether oxygens (including phenoxy) is 3. The number of fused-ring (bicyclic) bond motifs is 3. The molecule has 2 aliphatic rings. The van der Waals surface area contributed by atoms with Crippen molar-refractivity contribution in [2.75, 3.05) is 77.3 Å². The van der Waals surface area contributed by atoms with Gasteiger partial charge in [-0.3, -0.25) is 23.6 Å². The summed E-state index contributed by atoms with van der Waals surface area (Å²) in [4.78, 5) is 72.2. The number of nitrogens with one attached hydrogen (secondary N) is 2. The van der Waals surface area contributed by atoms with Crippen LogP contribution in [0.1, 0.15) is 51.4 Å². The Morgan fingerprint density at radius 1 is 0.889 bits per heavy atom. The van der Waals surface area contributed by atoms with E-state index < -0.39 is 41.3 Å². The molecule has 18 nitrogen and oxygen atoms in total. The number of aryl methyl sites for hydroxylation is 1. The number of benzene rings is 2. The van der Waals surface area contributed by atoms with Crippen LogP contribution in [0.4, 0.5) is 5.82 Å². The molecular formula is C45H57N9O9. The third kappa shape index (κ3) is 11.0. The van der Waals surface area contributed by atoms with Crippen LogP contribution in [0.3, 0.4) is 0 Å². The minimum Gasteiger partial charge on any atom is -0.443 e. The van der Waals surface area contributed by atoms with Gasteiger partial charge in [0.15, 0.2) is 12.2 Å². The van der Waals surface area contributed by atoms with Crippen LogP contribution < -0.4 is 15.5 Å². The Bertz CT molecular complexity index is 2370. The average molecular weight is 868 g/mol. The highest BCUT2D eigenvalue weighted by atomic mass is 16.5. The third-order valence-electron chi connectivity index (χ3n) is 11.4. The van der Waals surface area contributed by atoms with Gasteiger partial charge in [0.25, 0.3) is 0 Å². The van der Waals surface area contributed by atoms with Crippen molar-refractivity contribution in [1.82, 2.24) is 39.8 Å². The number of β-amino-alcohol motifs (C(OH)–C–C–N with tert-alkyl or cyclic N) is 1. The van der Waals surface area contributed by atoms with Gasteiger partial charge in [0, 0.05) is 50.9 Å². The van der Waals surface area contributed by atoms with E-state index in [4.69, 9.17) is 23.6 Å². The minimum atomic E-state index is -0.991. The van der Waals surface area contributed by atoms with Crippen molar-refractivity contribution in [1.29, 1.82) is 0 Å². The zero-order valence-corrected chi connectivity index (χ0v) is 36.5. The molecule has 63 heavy (non-hydrogen) atoms. The summed E-state index contributed by atoms with van der Waals surface area (Å²) in [6, 6.07) is 15.2. The Labute approximate surface area is 365 Å². The average Bonchev–Trinajstić information content (AvgIpc) is 4.00. The number of piperazine rings is 1. The summed E-state index contributed by atoms with van der Waals surface area (Å²) < 4.78 is 24.1. The van der Waals surface area contributed by atoms with Crippen molar-refractivity contribution < 1.29 is 42.9 Å². The van der Waals surface area contributed by atoms with Gasteiger partial charge >= 0.3 is 0 Å². The van der Waals surface area contributed by atoms with E-state index in [1.165, 1.54) is 11.3 Å². The number of amides is 4. The van der Waals surface area contributed by atoms with Gasteiger partial charge in [-0.15, -0.1) is 0 Å². The van der Waals surface area contributed by atoms with Crippen LogP contribution in [0.15, 0.2) is 71.6 Å². The second-order valence-electron chi connectivity index (χ2n) is 17.0. The first-order chi connectivity index (χ1) is 30.3. The van der Waals surface area contributed by atoms with E-state index in [0.717, 1.165) is 33.7 Å². The van der Waals surface area contributed by atoms with Gasteiger partial charge in [0.2, 0.25) is 29.4 Å². The topological polar surface area (TPSA) is 206 Å². The second-order valence-corrected chi connectivity index (χ2v) is 17.0. The Morgan fingerprint density at radius 3 is 2.29 bits per heavy atom. The van der Waals surface area contributed by atoms with Crippen LogP contribution in [0.5, 0.6) is 0 Å². The summed E-state index contributed by atoms with van der Waals surface area (Å²) in [7, 11) is 0. The Kier molecular flexibility index (Phi) is 14.3. The molecular weight excluding hydrogens is 811 g/mol. The highest BCUT2D eigenvalue weighted by Crippen LogP contribution is 2.28. The fourth-order valence-electron chi connectivity index (χ4n) is 7.87. The molecule has 4 amide bonds. The zero-order valence-electron chi connectivity index (χ0n) is 36.5. The highest BCUT2D eigenvalue weighted by Gasteiger charge is 2.44. The summed E-state index contributed by atoms with van der Waals surface area (Å²) in [6.45, 7) is 11.9. The van der Waals surface area contributed by atoms with Gasteiger partial charge in [0.1, 0.15) is 31.1 Å². The highest BCUT2D eigenvalue weighted by molar-refractivity contribution is 5.93. The molecule has 18 heteroatoms. The lowest BCUT2D eigenvalue weighted by Crippen LogP contribution is -2.58. The van der Waals surface area contributed by atoms with Crippen LogP contribution in [0.25, 0.3) is 28.1 Å². The maximum Gasteiger partial charge on any atom is 0.248 e. The molecule has 2 fully saturated rings. The normalized spacial score (nSPS) is 17.9. The first kappa shape index (κ1) is 45.1. The number of likely N-dealkylation sites (tertiary alicyclic amines) is 1. The molecule has 0 aliphatic carbocycles. The van der Waals surface area contributed by atoms with E-state index in [-0.39, 0.29) is 64.6 Å². The molecule has 3 N–H and O–H groups in total. The molecule has 5 aromatic rings. The SMILES string of the molecule is Cc1ncoc1-c1ccc([C@H](C)NC(=O)[C@@H]2C[C@@H](O)CN2C(=O)[C@@H](NC(=O)COCCOCCOCC(=O)N2CCN(c3ccn4c(n3)nc3ccccc34)CC2)C(C)(C)C)cc1. The fraction of sp³-hybridized carbons (Fsp3) is 0.489. The van der Waals surface area contributed by atoms with E-state index in [2.05, 4.69) is 25.5 Å². The lowest BCUT2D eigenvalue weighted by molar-refractivity contribution is -0.144. The summed E-state index contributed by atoms with van der Waals surface area (Å²) in [6.07, 6.45) is 2.55. The van der Waals surface area contributed by atoms with Gasteiger partial charge in [-0.25, -0.2) is 9.97 Å². The molecule has 0 bridgehead atoms. The Balaban J connectivity index is 0.776. The summed E-state index contributed by atoms with van der Waals surface area (Å²) in [5.74, 6) is 0.677. The smallest absolute Gasteiger partial charge is 0.248 e. The van der Waals surface area contributed by atoms with Gasteiger partial charge in [-0.05, 0) is 43.0 Å². The number of aliphatic hydroxyl groups excluding tert-OH is 1. The number of hydrogen-bond acceptors (Lipinski definition) is 13. The van der Waals surface area contributed by atoms with E-state index in [0.29, 0.717) is 37.7 Å². The molecule has 2 aromatic carbocycles. The number of aromatic nitrogens is 4. The standard InChI is InChI=1S/C45H57N9O9/c1-29(31-10-12-32(13-11-31)40-30(2)46-28-63-40)47-42(58)36-24-33(55)25-54(36)43(59)41(45(3,4)5)50-38(56)26-61-22-20-60-21-23-62-27-39(57)52-18-16-51(17-19-52)37-14-15-53-35-9-7-6-8-34(35)48-44(53)49-37/h6-15,28-29,33,36,41,55H,16-27H2,1-5H3,(H,47,58)(H,50,56)/t29-,33+,36-,41+/m0/s1. The van der Waals surface area contributed by atoms with Crippen molar-refractivity contribution in [3.63, 3.8) is 0 Å². The molecule has 2 saturated heterocycles. The predicted molar refractivity (Wildman–Crippen MR) is 232 cm³/mol. The number of para-hydroxylation sites is 2. The lowest BCUT2D eigenvalue weighted by atomic mass is 9.85. The van der Waals surface area contributed by atoms with Gasteiger partial charge in [0.05, 0.1) is 55.3 Å². The zero-order chi connectivity index (χ0) is 44.7. The number of oxazole rings is 1. The molecule has 7 rings (SSSR count). The minimum absolute atomic E-state index is 0.0387. The molecule has 336 valence electrons. The molecule has 3 aromatic heterocycles.